The smallest absolute Gasteiger partial charge is 0.250 e. The highest BCUT2D eigenvalue weighted by Gasteiger charge is 2.42. The first-order chi connectivity index (χ1) is 18.4. The summed E-state index contributed by atoms with van der Waals surface area (Å²) < 4.78 is 7.12. The number of thiocarbonyl (C=S) groups is 1. The molecular weight excluding hydrogens is 496 g/mol. The number of anilines is 2. The summed E-state index contributed by atoms with van der Waals surface area (Å²) in [6, 6.07) is 19.7. The molecule has 0 unspecified atom stereocenters. The van der Waals surface area contributed by atoms with Crippen molar-refractivity contribution in [2.45, 2.75) is 32.9 Å². The summed E-state index contributed by atoms with van der Waals surface area (Å²) in [4.78, 5) is 23.5. The van der Waals surface area contributed by atoms with Gasteiger partial charge in [-0.05, 0) is 92.6 Å². The number of rotatable bonds is 7. The molecule has 0 aliphatic carbocycles. The highest BCUT2D eigenvalue weighted by atomic mass is 32.1. The Morgan fingerprint density at radius 1 is 1.05 bits per heavy atom. The van der Waals surface area contributed by atoms with E-state index < -0.39 is 0 Å². The first-order valence-corrected chi connectivity index (χ1v) is 12.8. The number of methoxy groups -OCH3 is 1. The average molecular weight is 527 g/mol. The van der Waals surface area contributed by atoms with Gasteiger partial charge in [0.1, 0.15) is 12.4 Å². The molecule has 1 fully saturated rings. The van der Waals surface area contributed by atoms with Crippen LogP contribution >= 0.6 is 12.2 Å². The van der Waals surface area contributed by atoms with Gasteiger partial charge in [0.2, 0.25) is 5.91 Å². The lowest BCUT2D eigenvalue weighted by molar-refractivity contribution is -0.119. The molecule has 1 saturated heterocycles. The monoisotopic (exact) mass is 526 g/mol. The zero-order valence-corrected chi connectivity index (χ0v) is 22.6. The van der Waals surface area contributed by atoms with Gasteiger partial charge in [0.05, 0.1) is 17.8 Å². The number of carbonyl (C=O) groups excluding carboxylic acids is 1. The molecule has 1 aliphatic heterocycles. The molecule has 1 amide bonds. The van der Waals surface area contributed by atoms with Gasteiger partial charge >= 0.3 is 0 Å². The Labute approximate surface area is 227 Å². The summed E-state index contributed by atoms with van der Waals surface area (Å²) in [5.41, 5.74) is 6.80. The van der Waals surface area contributed by atoms with Crippen molar-refractivity contribution >= 4 is 34.6 Å². The van der Waals surface area contributed by atoms with Crippen LogP contribution in [0.5, 0.6) is 0 Å². The molecule has 3 aromatic heterocycles. The van der Waals surface area contributed by atoms with E-state index in [0.29, 0.717) is 5.11 Å². The van der Waals surface area contributed by atoms with Crippen molar-refractivity contribution in [2.75, 3.05) is 23.9 Å². The third-order valence-electron chi connectivity index (χ3n) is 6.80. The Bertz CT molecular complexity index is 1470. The van der Waals surface area contributed by atoms with Gasteiger partial charge in [0, 0.05) is 42.3 Å². The fourth-order valence-electron chi connectivity index (χ4n) is 5.13. The number of carbonyl (C=O) groups is 1. The van der Waals surface area contributed by atoms with Gasteiger partial charge in [-0.25, -0.2) is 4.98 Å². The van der Waals surface area contributed by atoms with E-state index in [4.69, 9.17) is 17.0 Å². The zero-order chi connectivity index (χ0) is 26.8. The summed E-state index contributed by atoms with van der Waals surface area (Å²) in [6.07, 6.45) is 3.61. The fourth-order valence-corrected chi connectivity index (χ4v) is 5.48. The van der Waals surface area contributed by atoms with Gasteiger partial charge in [-0.1, -0.05) is 12.1 Å². The van der Waals surface area contributed by atoms with Crippen LogP contribution in [0.25, 0.3) is 5.82 Å². The number of nitrogens with one attached hydrogen (secondary N) is 2. The van der Waals surface area contributed by atoms with E-state index in [1.54, 1.807) is 12.4 Å². The van der Waals surface area contributed by atoms with E-state index in [9.17, 15) is 4.79 Å². The number of benzene rings is 1. The Morgan fingerprint density at radius 3 is 2.47 bits per heavy atom. The molecule has 0 saturated carbocycles. The van der Waals surface area contributed by atoms with Gasteiger partial charge in [0.25, 0.3) is 0 Å². The highest BCUT2D eigenvalue weighted by molar-refractivity contribution is 7.80. The molecule has 0 spiro atoms. The van der Waals surface area contributed by atoms with Crippen molar-refractivity contribution in [3.63, 3.8) is 0 Å². The number of hydrogen-bond acceptors (Lipinski definition) is 5. The molecule has 1 aliphatic rings. The molecule has 194 valence electrons. The van der Waals surface area contributed by atoms with Crippen LogP contribution in [0.4, 0.5) is 11.4 Å². The molecule has 9 heteroatoms. The summed E-state index contributed by atoms with van der Waals surface area (Å²) >= 11 is 5.92. The van der Waals surface area contributed by atoms with E-state index >= 15 is 0 Å². The Balaban J connectivity index is 1.60. The molecule has 4 heterocycles. The predicted molar refractivity (Wildman–Crippen MR) is 153 cm³/mol. The predicted octanol–water partition coefficient (Wildman–Crippen LogP) is 4.95. The molecular formula is C29H30N6O2S. The quantitative estimate of drug-likeness (QED) is 0.330. The number of aromatic nitrogens is 3. The second-order valence-corrected chi connectivity index (χ2v) is 9.71. The summed E-state index contributed by atoms with van der Waals surface area (Å²) in [7, 11) is 1.50. The van der Waals surface area contributed by atoms with Crippen molar-refractivity contribution in [1.82, 2.24) is 19.9 Å². The maximum atomic E-state index is 12.1. The standard InChI is InChI=1S/C29H30N6O2S/c1-18-15-21(11-12-23(18)32-26(36)17-37-4)35-28(27(33-29(35)38)24-9-5-7-13-30-24)22-16-19(2)34(20(22)3)25-10-6-8-14-31-25/h5-16,27-28H,17H2,1-4H3,(H,32,36)(H,33,38)/t27-,28-/m1/s1. The maximum Gasteiger partial charge on any atom is 0.250 e. The van der Waals surface area contributed by atoms with Crippen molar-refractivity contribution in [2.24, 2.45) is 0 Å². The Kier molecular flexibility index (Phi) is 7.22. The second kappa shape index (κ2) is 10.7. The third-order valence-corrected chi connectivity index (χ3v) is 7.12. The molecule has 0 bridgehead atoms. The van der Waals surface area contributed by atoms with E-state index in [1.165, 1.54) is 7.11 Å². The summed E-state index contributed by atoms with van der Waals surface area (Å²) in [5.74, 6) is 0.673. The van der Waals surface area contributed by atoms with Crippen LogP contribution in [0.1, 0.15) is 40.3 Å². The maximum absolute atomic E-state index is 12.1. The van der Waals surface area contributed by atoms with Crippen LogP contribution in [-0.2, 0) is 9.53 Å². The van der Waals surface area contributed by atoms with Crippen LogP contribution in [0.15, 0.2) is 73.1 Å². The molecule has 38 heavy (non-hydrogen) atoms. The first-order valence-electron chi connectivity index (χ1n) is 12.4. The van der Waals surface area contributed by atoms with Crippen LogP contribution in [0.2, 0.25) is 0 Å². The molecule has 1 aromatic carbocycles. The molecule has 0 radical (unpaired) electrons. The van der Waals surface area contributed by atoms with Gasteiger partial charge in [-0.2, -0.15) is 0 Å². The number of amides is 1. The minimum absolute atomic E-state index is 0.00103. The lowest BCUT2D eigenvalue weighted by atomic mass is 9.96. The van der Waals surface area contributed by atoms with Crippen LogP contribution in [0, 0.1) is 20.8 Å². The molecule has 2 atom stereocenters. The van der Waals surface area contributed by atoms with Crippen LogP contribution < -0.4 is 15.5 Å². The minimum atomic E-state index is -0.197. The van der Waals surface area contributed by atoms with Crippen molar-refractivity contribution in [3.05, 3.63) is 101 Å². The zero-order valence-electron chi connectivity index (χ0n) is 21.8. The van der Waals surface area contributed by atoms with E-state index in [1.807, 2.05) is 61.5 Å². The Morgan fingerprint density at radius 2 is 1.82 bits per heavy atom. The lowest BCUT2D eigenvalue weighted by Crippen LogP contribution is -2.29. The van der Waals surface area contributed by atoms with Crippen molar-refractivity contribution < 1.29 is 9.53 Å². The van der Waals surface area contributed by atoms with Crippen molar-refractivity contribution in [1.29, 1.82) is 0 Å². The second-order valence-electron chi connectivity index (χ2n) is 9.33. The molecule has 5 rings (SSSR count). The summed E-state index contributed by atoms with van der Waals surface area (Å²) in [5, 5.41) is 7.05. The van der Waals surface area contributed by atoms with E-state index in [0.717, 1.165) is 45.4 Å². The number of hydrogen-bond donors (Lipinski definition) is 2. The van der Waals surface area contributed by atoms with Crippen LogP contribution in [0.3, 0.4) is 0 Å². The molecule has 2 N–H and O–H groups in total. The first kappa shape index (κ1) is 25.6. The normalized spacial score (nSPS) is 16.9. The minimum Gasteiger partial charge on any atom is -0.375 e. The van der Waals surface area contributed by atoms with Crippen LogP contribution in [-0.4, -0.2) is 39.3 Å². The highest BCUT2D eigenvalue weighted by Crippen LogP contribution is 2.44. The fraction of sp³-hybridized carbons (Fsp3) is 0.241. The van der Waals surface area contributed by atoms with Gasteiger partial charge < -0.3 is 24.8 Å². The van der Waals surface area contributed by atoms with E-state index in [-0.39, 0.29) is 24.6 Å². The summed E-state index contributed by atoms with van der Waals surface area (Å²) in [6.45, 7) is 6.18. The van der Waals surface area contributed by atoms with Crippen molar-refractivity contribution in [3.8, 4) is 5.82 Å². The molecule has 4 aromatic rings. The number of ether oxygens (including phenoxy) is 1. The van der Waals surface area contributed by atoms with E-state index in [2.05, 4.69) is 50.0 Å². The average Bonchev–Trinajstić information content (AvgIpc) is 3.41. The van der Waals surface area contributed by atoms with Gasteiger partial charge in [0.15, 0.2) is 5.11 Å². The SMILES string of the molecule is COCC(=O)Nc1ccc(N2C(=S)N[C@H](c3ccccn3)[C@H]2c2cc(C)n(-c3ccccn3)c2C)cc1C. The lowest BCUT2D eigenvalue weighted by Gasteiger charge is -2.29. The number of pyridine rings is 2. The molecule has 8 nitrogen and oxygen atoms in total. The number of nitrogens with zero attached hydrogens (tertiary/aromatic N) is 4. The number of aryl methyl sites for hydroxylation is 2. The Hall–Kier alpha value is -4.08. The third kappa shape index (κ3) is 4.78. The van der Waals surface area contributed by atoms with Gasteiger partial charge in [-0.3, -0.25) is 9.78 Å². The largest absolute Gasteiger partial charge is 0.375 e. The van der Waals surface area contributed by atoms with Gasteiger partial charge in [-0.15, -0.1) is 0 Å². The topological polar surface area (TPSA) is 84.3 Å².